The van der Waals surface area contributed by atoms with E-state index in [1.807, 2.05) is 0 Å². The van der Waals surface area contributed by atoms with Crippen molar-refractivity contribution in [2.45, 2.75) is 4.90 Å². The van der Waals surface area contributed by atoms with Gasteiger partial charge in [-0.15, -0.1) is 11.3 Å². The van der Waals surface area contributed by atoms with Crippen molar-refractivity contribution in [3.05, 3.63) is 58.2 Å². The molecule has 4 rings (SSSR count). The number of hydrogen-bond acceptors (Lipinski definition) is 7. The number of anilines is 1. The van der Waals surface area contributed by atoms with Crippen molar-refractivity contribution in [2.75, 3.05) is 38.2 Å². The average molecular weight is 513 g/mol. The summed E-state index contributed by atoms with van der Waals surface area (Å²) in [5.41, 5.74) is 0.340. The number of nitrogens with zero attached hydrogens (tertiary/aromatic N) is 1. The standard InChI is InChI=1S/C21H18ClFN2O6S2/c22-19-16-6-1-13(23)11-17(16)32-20(19)21(27)31-12-18(26)24-14-2-4-15(5-3-14)33(28,29)25-7-9-30-10-8-25/h1-6,11H,7-10,12H2,(H,24,26). The minimum atomic E-state index is -3.64. The number of sulfonamides is 1. The topological polar surface area (TPSA) is 102 Å². The third kappa shape index (κ3) is 5.17. The maximum Gasteiger partial charge on any atom is 0.350 e. The lowest BCUT2D eigenvalue weighted by Crippen LogP contribution is -2.40. The van der Waals surface area contributed by atoms with Crippen molar-refractivity contribution in [3.63, 3.8) is 0 Å². The fraction of sp³-hybridized carbons (Fsp3) is 0.238. The third-order valence-electron chi connectivity index (χ3n) is 4.86. The average Bonchev–Trinajstić information content (AvgIpc) is 3.14. The molecule has 0 radical (unpaired) electrons. The first kappa shape index (κ1) is 23.6. The molecule has 12 heteroatoms. The Bertz CT molecular complexity index is 1300. The number of benzene rings is 2. The summed E-state index contributed by atoms with van der Waals surface area (Å²) in [6.45, 7) is 0.673. The molecule has 1 fully saturated rings. The zero-order chi connectivity index (χ0) is 23.6. The highest BCUT2D eigenvalue weighted by molar-refractivity contribution is 7.89. The van der Waals surface area contributed by atoms with Gasteiger partial charge in [-0.25, -0.2) is 17.6 Å². The summed E-state index contributed by atoms with van der Waals surface area (Å²) in [6, 6.07) is 9.65. The minimum absolute atomic E-state index is 0.0720. The summed E-state index contributed by atoms with van der Waals surface area (Å²) in [7, 11) is -3.64. The summed E-state index contributed by atoms with van der Waals surface area (Å²) in [5.74, 6) is -1.87. The first-order valence-corrected chi connectivity index (χ1v) is 12.4. The molecular formula is C21H18ClFN2O6S2. The number of carbonyl (C=O) groups is 2. The lowest BCUT2D eigenvalue weighted by molar-refractivity contribution is -0.119. The molecule has 0 saturated carbocycles. The number of morpholine rings is 1. The molecule has 1 aliphatic rings. The van der Waals surface area contributed by atoms with Crippen LogP contribution in [0.2, 0.25) is 5.02 Å². The Morgan fingerprint density at radius 3 is 2.55 bits per heavy atom. The maximum absolute atomic E-state index is 13.4. The summed E-state index contributed by atoms with van der Waals surface area (Å²) in [4.78, 5) is 24.7. The van der Waals surface area contributed by atoms with Gasteiger partial charge in [-0.2, -0.15) is 4.31 Å². The number of rotatable bonds is 6. The molecule has 2 aromatic carbocycles. The molecule has 2 heterocycles. The van der Waals surface area contributed by atoms with Gasteiger partial charge >= 0.3 is 5.97 Å². The van der Waals surface area contributed by atoms with Gasteiger partial charge in [0.05, 0.1) is 23.1 Å². The van der Waals surface area contributed by atoms with Crippen molar-refractivity contribution in [3.8, 4) is 0 Å². The summed E-state index contributed by atoms with van der Waals surface area (Å²) < 4.78 is 50.7. The number of amides is 1. The van der Waals surface area contributed by atoms with Gasteiger partial charge in [0.2, 0.25) is 10.0 Å². The Balaban J connectivity index is 1.35. The van der Waals surface area contributed by atoms with Crippen LogP contribution in [0.1, 0.15) is 9.67 Å². The van der Waals surface area contributed by atoms with Crippen LogP contribution >= 0.6 is 22.9 Å². The largest absolute Gasteiger partial charge is 0.451 e. The van der Waals surface area contributed by atoms with Gasteiger partial charge in [-0.05, 0) is 42.5 Å². The van der Waals surface area contributed by atoms with E-state index < -0.39 is 34.3 Å². The highest BCUT2D eigenvalue weighted by atomic mass is 35.5. The Hall–Kier alpha value is -2.57. The minimum Gasteiger partial charge on any atom is -0.451 e. The molecule has 1 saturated heterocycles. The van der Waals surface area contributed by atoms with Gasteiger partial charge in [-0.1, -0.05) is 11.6 Å². The Labute approximate surface area is 197 Å². The molecule has 1 amide bonds. The first-order chi connectivity index (χ1) is 15.8. The molecule has 0 unspecified atom stereocenters. The smallest absolute Gasteiger partial charge is 0.350 e. The van der Waals surface area contributed by atoms with Gasteiger partial charge < -0.3 is 14.8 Å². The van der Waals surface area contributed by atoms with Crippen molar-refractivity contribution < 1.29 is 31.9 Å². The number of nitrogens with one attached hydrogen (secondary N) is 1. The van der Waals surface area contributed by atoms with E-state index in [4.69, 9.17) is 21.1 Å². The fourth-order valence-corrected chi connectivity index (χ4v) is 6.05. The molecule has 8 nitrogen and oxygen atoms in total. The molecule has 1 N–H and O–H groups in total. The second-order valence-electron chi connectivity index (χ2n) is 7.05. The molecule has 1 aliphatic heterocycles. The van der Waals surface area contributed by atoms with E-state index in [1.54, 1.807) is 0 Å². The van der Waals surface area contributed by atoms with E-state index in [0.717, 1.165) is 11.3 Å². The number of fused-ring (bicyclic) bond motifs is 1. The van der Waals surface area contributed by atoms with E-state index in [-0.39, 0.29) is 27.9 Å². The molecule has 0 spiro atoms. The number of thiophene rings is 1. The quantitative estimate of drug-likeness (QED) is 0.507. The highest BCUT2D eigenvalue weighted by Gasteiger charge is 2.26. The molecular weight excluding hydrogens is 495 g/mol. The van der Waals surface area contributed by atoms with Crippen LogP contribution in [0.25, 0.3) is 10.1 Å². The molecule has 1 aromatic heterocycles. The Kier molecular flexibility index (Phi) is 6.96. The number of esters is 1. The second kappa shape index (κ2) is 9.74. The van der Waals surface area contributed by atoms with Crippen LogP contribution in [0.15, 0.2) is 47.4 Å². The van der Waals surface area contributed by atoms with Gasteiger partial charge in [-0.3, -0.25) is 4.79 Å². The van der Waals surface area contributed by atoms with Gasteiger partial charge in [0.1, 0.15) is 10.7 Å². The van der Waals surface area contributed by atoms with E-state index in [2.05, 4.69) is 5.32 Å². The third-order valence-corrected chi connectivity index (χ3v) is 8.41. The first-order valence-electron chi connectivity index (χ1n) is 9.78. The van der Waals surface area contributed by atoms with Crippen LogP contribution in [0, 0.1) is 5.82 Å². The Morgan fingerprint density at radius 2 is 1.85 bits per heavy atom. The van der Waals surface area contributed by atoms with Crippen LogP contribution in [0.4, 0.5) is 10.1 Å². The van der Waals surface area contributed by atoms with Gasteiger partial charge in [0.25, 0.3) is 5.91 Å². The van der Waals surface area contributed by atoms with E-state index in [9.17, 15) is 22.4 Å². The fourth-order valence-electron chi connectivity index (χ4n) is 3.21. The number of carbonyl (C=O) groups excluding carboxylic acids is 2. The normalized spacial score (nSPS) is 14.8. The molecule has 0 aliphatic carbocycles. The molecule has 3 aromatic rings. The SMILES string of the molecule is O=C(COC(=O)c1sc2cc(F)ccc2c1Cl)Nc1ccc(S(=O)(=O)N2CCOCC2)cc1. The lowest BCUT2D eigenvalue weighted by atomic mass is 10.2. The molecule has 0 bridgehead atoms. The zero-order valence-corrected chi connectivity index (χ0v) is 19.4. The van der Waals surface area contributed by atoms with E-state index >= 15 is 0 Å². The van der Waals surface area contributed by atoms with Crippen LogP contribution < -0.4 is 5.32 Å². The van der Waals surface area contributed by atoms with E-state index in [1.165, 1.54) is 46.8 Å². The van der Waals surface area contributed by atoms with Crippen molar-refractivity contribution in [1.82, 2.24) is 4.31 Å². The molecule has 0 atom stereocenters. The monoisotopic (exact) mass is 512 g/mol. The number of halogens is 2. The van der Waals surface area contributed by atoms with Crippen molar-refractivity contribution in [2.24, 2.45) is 0 Å². The predicted molar refractivity (Wildman–Crippen MR) is 122 cm³/mol. The summed E-state index contributed by atoms with van der Waals surface area (Å²) in [5, 5.41) is 3.19. The molecule has 33 heavy (non-hydrogen) atoms. The molecule has 174 valence electrons. The highest BCUT2D eigenvalue weighted by Crippen LogP contribution is 2.36. The number of ether oxygens (including phenoxy) is 2. The zero-order valence-electron chi connectivity index (χ0n) is 17.0. The van der Waals surface area contributed by atoms with Crippen LogP contribution in [0.3, 0.4) is 0 Å². The maximum atomic E-state index is 13.4. The van der Waals surface area contributed by atoms with Gasteiger partial charge in [0, 0.05) is 28.9 Å². The van der Waals surface area contributed by atoms with Crippen molar-refractivity contribution in [1.29, 1.82) is 0 Å². The van der Waals surface area contributed by atoms with Crippen LogP contribution in [-0.4, -0.2) is 57.5 Å². The predicted octanol–water partition coefficient (Wildman–Crippen LogP) is 3.51. The number of hydrogen-bond donors (Lipinski definition) is 1. The lowest BCUT2D eigenvalue weighted by Gasteiger charge is -2.26. The van der Waals surface area contributed by atoms with E-state index in [0.29, 0.717) is 29.0 Å². The second-order valence-corrected chi connectivity index (χ2v) is 10.4. The van der Waals surface area contributed by atoms with Crippen LogP contribution in [0.5, 0.6) is 0 Å². The summed E-state index contributed by atoms with van der Waals surface area (Å²) >= 11 is 7.15. The summed E-state index contributed by atoms with van der Waals surface area (Å²) in [6.07, 6.45) is 0. The van der Waals surface area contributed by atoms with Crippen molar-refractivity contribution >= 4 is 60.6 Å². The van der Waals surface area contributed by atoms with Gasteiger partial charge in [0.15, 0.2) is 6.61 Å². The Morgan fingerprint density at radius 1 is 1.15 bits per heavy atom. The van der Waals surface area contributed by atoms with Crippen LogP contribution in [-0.2, 0) is 24.3 Å².